The van der Waals surface area contributed by atoms with Gasteiger partial charge in [-0.25, -0.2) is 4.39 Å². The zero-order valence-corrected chi connectivity index (χ0v) is 6.52. The van der Waals surface area contributed by atoms with E-state index in [-0.39, 0.29) is 0 Å². The van der Waals surface area contributed by atoms with Gasteiger partial charge in [-0.05, 0) is 22.0 Å². The smallest absolute Gasteiger partial charge is 0.214 e. The van der Waals surface area contributed by atoms with Gasteiger partial charge in [-0.1, -0.05) is 18.2 Å². The Kier molecular flexibility index (Phi) is 2.58. The second kappa shape index (κ2) is 2.50. The molecule has 1 atom stereocenters. The van der Waals surface area contributed by atoms with E-state index >= 15 is 0 Å². The zero-order valence-electron chi connectivity index (χ0n) is 4.17. The minimum absolute atomic E-state index is 0.323. The molecule has 0 saturated heterocycles. The minimum Gasteiger partial charge on any atom is -0.214 e. The molecule has 0 unspecified atom stereocenters. The molecular weight excluding hydrogens is 220 g/mol. The van der Waals surface area contributed by atoms with Crippen molar-refractivity contribution in [3.8, 4) is 0 Å². The van der Waals surface area contributed by atoms with Crippen LogP contribution >= 0.6 is 27.5 Å². The molecule has 0 aliphatic heterocycles. The Morgan fingerprint density at radius 3 is 1.78 bits per heavy atom. The lowest BCUT2D eigenvalue weighted by atomic mass is 10.4. The number of hydrogen-bond donors (Lipinski definition) is 0. The van der Waals surface area contributed by atoms with Crippen molar-refractivity contribution in [2.45, 2.75) is 9.96 Å². The molecule has 0 amide bonds. The van der Waals surface area contributed by atoms with Crippen LogP contribution in [0.3, 0.4) is 0 Å². The van der Waals surface area contributed by atoms with Crippen LogP contribution in [0.25, 0.3) is 0 Å². The maximum absolute atomic E-state index is 12.2. The third-order valence-corrected chi connectivity index (χ3v) is 1.83. The van der Waals surface area contributed by atoms with Crippen molar-refractivity contribution < 1.29 is 13.2 Å². The van der Waals surface area contributed by atoms with Crippen LogP contribution in [0, 0.1) is 0 Å². The highest BCUT2D eigenvalue weighted by atomic mass is 79.9. The standard InChI is InChI=1S/C4H3BrClF3/c1-2-3(6,7)4(5,8)9/h2H,1H2/t3-/m1/s1. The highest BCUT2D eigenvalue weighted by Gasteiger charge is 2.49. The molecule has 0 heterocycles. The molecule has 0 radical (unpaired) electrons. The molecule has 5 heteroatoms. The summed E-state index contributed by atoms with van der Waals surface area (Å²) in [5.74, 6) is 0. The van der Waals surface area contributed by atoms with Crippen LogP contribution in [0.4, 0.5) is 13.2 Å². The lowest BCUT2D eigenvalue weighted by Crippen LogP contribution is -2.30. The van der Waals surface area contributed by atoms with Gasteiger partial charge in [0, 0.05) is 0 Å². The Balaban J connectivity index is 4.32. The zero-order chi connectivity index (χ0) is 7.71. The quantitative estimate of drug-likeness (QED) is 0.498. The van der Waals surface area contributed by atoms with Gasteiger partial charge in [0.2, 0.25) is 0 Å². The van der Waals surface area contributed by atoms with E-state index in [4.69, 9.17) is 0 Å². The number of hydrogen-bond acceptors (Lipinski definition) is 0. The van der Waals surface area contributed by atoms with Gasteiger partial charge in [0.25, 0.3) is 5.13 Å². The first-order valence-electron chi connectivity index (χ1n) is 1.89. The summed E-state index contributed by atoms with van der Waals surface area (Å²) in [5, 5.41) is -3.20. The second-order valence-corrected chi connectivity index (χ2v) is 2.87. The fourth-order valence-corrected chi connectivity index (χ4v) is 0.278. The lowest BCUT2D eigenvalue weighted by molar-refractivity contribution is 0.0220. The van der Waals surface area contributed by atoms with Crippen LogP contribution in [-0.2, 0) is 0 Å². The van der Waals surface area contributed by atoms with Crippen LogP contribution < -0.4 is 0 Å². The van der Waals surface area contributed by atoms with Gasteiger partial charge < -0.3 is 0 Å². The summed E-state index contributed by atoms with van der Waals surface area (Å²) in [6.45, 7) is 2.78. The van der Waals surface area contributed by atoms with Crippen molar-refractivity contribution in [1.82, 2.24) is 0 Å². The molecule has 0 aliphatic carbocycles. The Morgan fingerprint density at radius 1 is 1.44 bits per heavy atom. The number of alkyl halides is 5. The average Bonchev–Trinajstić information content (AvgIpc) is 1.64. The molecule has 0 N–H and O–H groups in total. The largest absolute Gasteiger partial charge is 0.352 e. The van der Waals surface area contributed by atoms with E-state index in [2.05, 4.69) is 18.2 Å². The van der Waals surface area contributed by atoms with Crippen molar-refractivity contribution in [2.75, 3.05) is 0 Å². The number of allylic oxidation sites excluding steroid dienone is 1. The third-order valence-electron chi connectivity index (χ3n) is 0.634. The summed E-state index contributed by atoms with van der Waals surface area (Å²) in [6, 6.07) is 0. The molecule has 0 aromatic rings. The van der Waals surface area contributed by atoms with Crippen molar-refractivity contribution in [3.05, 3.63) is 12.7 Å². The van der Waals surface area contributed by atoms with E-state index < -0.39 is 9.96 Å². The Morgan fingerprint density at radius 2 is 1.78 bits per heavy atom. The molecule has 0 bridgehead atoms. The predicted octanol–water partition coefficient (Wildman–Crippen LogP) is 3.06. The molecular formula is C4H3BrClF3. The van der Waals surface area contributed by atoms with E-state index in [9.17, 15) is 13.2 Å². The summed E-state index contributed by atoms with van der Waals surface area (Å²) in [7, 11) is 0. The first-order valence-corrected chi connectivity index (χ1v) is 3.06. The average molecular weight is 223 g/mol. The predicted molar refractivity (Wildman–Crippen MR) is 33.8 cm³/mol. The maximum Gasteiger partial charge on any atom is 0.352 e. The van der Waals surface area contributed by atoms with E-state index in [0.29, 0.717) is 6.08 Å². The highest BCUT2D eigenvalue weighted by molar-refractivity contribution is 9.10. The Bertz CT molecular complexity index is 117. The Hall–Kier alpha value is 0.300. The first-order chi connectivity index (χ1) is 3.81. The van der Waals surface area contributed by atoms with Crippen LogP contribution in [0.15, 0.2) is 12.7 Å². The van der Waals surface area contributed by atoms with Crippen molar-refractivity contribution >= 4 is 27.5 Å². The van der Waals surface area contributed by atoms with Gasteiger partial charge in [-0.2, -0.15) is 8.78 Å². The summed E-state index contributed by atoms with van der Waals surface area (Å²) < 4.78 is 35.9. The van der Waals surface area contributed by atoms with Crippen LogP contribution in [0.2, 0.25) is 0 Å². The lowest BCUT2D eigenvalue weighted by Gasteiger charge is -2.18. The van der Waals surface area contributed by atoms with Gasteiger partial charge in [-0.15, -0.1) is 0 Å². The fourth-order valence-electron chi connectivity index (χ4n) is 0.116. The van der Waals surface area contributed by atoms with Gasteiger partial charge in [-0.3, -0.25) is 0 Å². The molecule has 0 fully saturated rings. The molecule has 0 aromatic heterocycles. The molecule has 0 aliphatic rings. The number of rotatable bonds is 2. The van der Waals surface area contributed by atoms with Crippen LogP contribution in [0.5, 0.6) is 0 Å². The number of halogens is 5. The van der Waals surface area contributed by atoms with Crippen molar-refractivity contribution in [2.24, 2.45) is 0 Å². The van der Waals surface area contributed by atoms with Gasteiger partial charge >= 0.3 is 4.83 Å². The van der Waals surface area contributed by atoms with E-state index in [0.717, 1.165) is 0 Å². The topological polar surface area (TPSA) is 0 Å². The SMILES string of the molecule is C=C[C@](F)(Cl)C(F)(F)Br. The highest BCUT2D eigenvalue weighted by Crippen LogP contribution is 2.41. The van der Waals surface area contributed by atoms with Crippen molar-refractivity contribution in [3.63, 3.8) is 0 Å². The third kappa shape index (κ3) is 2.18. The molecule has 9 heavy (non-hydrogen) atoms. The molecule has 0 spiro atoms. The van der Waals surface area contributed by atoms with Gasteiger partial charge in [0.1, 0.15) is 0 Å². The van der Waals surface area contributed by atoms with E-state index in [1.165, 1.54) is 0 Å². The molecule has 0 saturated carbocycles. The summed E-state index contributed by atoms with van der Waals surface area (Å²) in [6.07, 6.45) is 0.323. The monoisotopic (exact) mass is 222 g/mol. The van der Waals surface area contributed by atoms with Crippen LogP contribution in [-0.4, -0.2) is 9.96 Å². The van der Waals surface area contributed by atoms with Gasteiger partial charge in [0.05, 0.1) is 0 Å². The molecule has 0 aromatic carbocycles. The van der Waals surface area contributed by atoms with E-state index in [1.54, 1.807) is 15.9 Å². The second-order valence-electron chi connectivity index (χ2n) is 1.32. The normalized spacial score (nSPS) is 18.8. The van der Waals surface area contributed by atoms with Gasteiger partial charge in [0.15, 0.2) is 0 Å². The summed E-state index contributed by atoms with van der Waals surface area (Å²) >= 11 is 6.36. The first kappa shape index (κ1) is 9.30. The van der Waals surface area contributed by atoms with E-state index in [1.807, 2.05) is 0 Å². The fraction of sp³-hybridized carbons (Fsp3) is 0.500. The van der Waals surface area contributed by atoms with Crippen molar-refractivity contribution in [1.29, 1.82) is 0 Å². The summed E-state index contributed by atoms with van der Waals surface area (Å²) in [4.78, 5) is -3.76. The minimum atomic E-state index is -3.76. The summed E-state index contributed by atoms with van der Waals surface area (Å²) in [5.41, 5.74) is 0. The molecule has 54 valence electrons. The maximum atomic E-state index is 12.2. The Labute approximate surface area is 63.8 Å². The molecule has 0 rings (SSSR count). The molecule has 0 nitrogen and oxygen atoms in total. The van der Waals surface area contributed by atoms with Crippen LogP contribution in [0.1, 0.15) is 0 Å².